The SMILES string of the molecule is COC(=O)[C@H]1[C@@H](O)[C@@]2(O)c3c(OC)cc(OCCCCNC(=O)OCc4ccc(O[C@@H]5O[C@H](C(=O)O)[C@@H](O)[C@H](O)[C@H]5O)c(NC(=O)CCNC(=O)c5ccc(CCCOP(=O)([O-])OCC[N+](C)(C)C)cc5)c4)cc3O[C@@]2(c2ccc(OC)cc2)[C@@H]1c1ccccc1. The van der Waals surface area contributed by atoms with E-state index in [0.717, 1.165) is 5.56 Å². The summed E-state index contributed by atoms with van der Waals surface area (Å²) in [6.07, 6.45) is -11.0. The Bertz CT molecular complexity index is 3390. The molecule has 492 valence electrons. The van der Waals surface area contributed by atoms with Crippen LogP contribution in [0.4, 0.5) is 10.5 Å². The number of aliphatic hydroxyl groups excluding tert-OH is 4. The molecule has 3 aliphatic rings. The number of anilines is 1. The van der Waals surface area contributed by atoms with Crippen LogP contribution in [0.15, 0.2) is 109 Å². The topological polar surface area (TPSA) is 375 Å². The van der Waals surface area contributed by atoms with Crippen LogP contribution in [0, 0.1) is 5.92 Å². The second-order valence-corrected chi connectivity index (χ2v) is 24.3. The summed E-state index contributed by atoms with van der Waals surface area (Å²) < 4.78 is 68.6. The lowest BCUT2D eigenvalue weighted by atomic mass is 9.70. The van der Waals surface area contributed by atoms with Gasteiger partial charge in [-0.2, -0.15) is 0 Å². The third-order valence-electron chi connectivity index (χ3n) is 15.8. The van der Waals surface area contributed by atoms with E-state index in [2.05, 4.69) is 16.0 Å². The molecular weight excluding hydrogens is 1210 g/mol. The Labute approximate surface area is 524 Å². The molecule has 11 atom stereocenters. The molecule has 27 nitrogen and oxygen atoms in total. The Balaban J connectivity index is 0.851. The van der Waals surface area contributed by atoms with Crippen molar-refractivity contribution in [1.29, 1.82) is 0 Å². The maximum atomic E-state index is 13.6. The normalized spacial score (nSPS) is 23.9. The fraction of sp³-hybridized carbons (Fsp3) is 0.444. The summed E-state index contributed by atoms with van der Waals surface area (Å²) in [5.41, 5.74) is -1.63. The van der Waals surface area contributed by atoms with Crippen molar-refractivity contribution in [3.05, 3.63) is 143 Å². The van der Waals surface area contributed by atoms with E-state index >= 15 is 0 Å². The maximum absolute atomic E-state index is 13.6. The molecular formula is C63H77N4O23P. The molecule has 1 saturated carbocycles. The van der Waals surface area contributed by atoms with Crippen molar-refractivity contribution in [3.8, 4) is 28.7 Å². The average molecular weight is 1290 g/mol. The molecule has 8 rings (SSSR count). The summed E-state index contributed by atoms with van der Waals surface area (Å²) in [6, 6.07) is 29.5. The molecule has 0 aromatic heterocycles. The molecule has 5 aromatic carbocycles. The molecule has 2 aliphatic heterocycles. The Kier molecular flexibility index (Phi) is 22.8. The van der Waals surface area contributed by atoms with Crippen LogP contribution in [0.1, 0.15) is 69.8 Å². The number of phosphoric acid groups is 1. The van der Waals surface area contributed by atoms with E-state index in [-0.39, 0.29) is 80.0 Å². The van der Waals surface area contributed by atoms with Crippen molar-refractivity contribution in [1.82, 2.24) is 10.6 Å². The first-order valence-electron chi connectivity index (χ1n) is 29.3. The minimum absolute atomic E-state index is 0.0118. The lowest BCUT2D eigenvalue weighted by Gasteiger charge is -2.40. The van der Waals surface area contributed by atoms with Gasteiger partial charge in [-0.15, -0.1) is 0 Å². The smallest absolute Gasteiger partial charge is 0.407 e. The number of unbranched alkanes of at least 4 members (excludes halogenated alkanes) is 1. The zero-order chi connectivity index (χ0) is 65.8. The van der Waals surface area contributed by atoms with Gasteiger partial charge in [0.05, 0.1) is 72.9 Å². The van der Waals surface area contributed by atoms with Gasteiger partial charge in [-0.1, -0.05) is 60.7 Å². The first-order valence-corrected chi connectivity index (χ1v) is 30.7. The zero-order valence-electron chi connectivity index (χ0n) is 51.0. The van der Waals surface area contributed by atoms with Crippen molar-refractivity contribution in [2.75, 3.05) is 87.2 Å². The number of nitrogens with zero attached hydrogens (tertiary/aromatic N) is 1. The fourth-order valence-electron chi connectivity index (χ4n) is 11.2. The molecule has 1 unspecified atom stereocenters. The van der Waals surface area contributed by atoms with Crippen molar-refractivity contribution in [3.63, 3.8) is 0 Å². The number of carboxylic acids is 1. The Morgan fingerprint density at radius 3 is 2.11 bits per heavy atom. The second kappa shape index (κ2) is 30.0. The average Bonchev–Trinajstić information content (AvgIpc) is 1.50. The van der Waals surface area contributed by atoms with E-state index in [9.17, 15) is 64.1 Å². The van der Waals surface area contributed by atoms with E-state index in [1.54, 1.807) is 91.0 Å². The molecule has 0 spiro atoms. The molecule has 0 bridgehead atoms. The molecule has 91 heavy (non-hydrogen) atoms. The number of quaternary nitrogens is 1. The summed E-state index contributed by atoms with van der Waals surface area (Å²) in [6.45, 7) is 0.168. The number of methoxy groups -OCH3 is 3. The van der Waals surface area contributed by atoms with Gasteiger partial charge in [-0.05, 0) is 84.3 Å². The van der Waals surface area contributed by atoms with E-state index in [4.69, 9.17) is 46.9 Å². The third-order valence-corrected chi connectivity index (χ3v) is 16.8. The molecule has 2 fully saturated rings. The monoisotopic (exact) mass is 1290 g/mol. The van der Waals surface area contributed by atoms with Crippen molar-refractivity contribution < 1.29 is 115 Å². The van der Waals surface area contributed by atoms with Crippen LogP contribution in [0.3, 0.4) is 0 Å². The van der Waals surface area contributed by atoms with Gasteiger partial charge in [-0.25, -0.2) is 9.59 Å². The van der Waals surface area contributed by atoms with Crippen LogP contribution < -0.4 is 44.5 Å². The highest BCUT2D eigenvalue weighted by atomic mass is 31.2. The summed E-state index contributed by atoms with van der Waals surface area (Å²) in [5, 5.41) is 74.3. The molecule has 5 aromatic rings. The molecule has 0 radical (unpaired) electrons. The van der Waals surface area contributed by atoms with Crippen LogP contribution in [0.25, 0.3) is 0 Å². The minimum atomic E-state index is -4.46. The number of rotatable bonds is 30. The van der Waals surface area contributed by atoms with Gasteiger partial charge in [0, 0.05) is 43.1 Å². The maximum Gasteiger partial charge on any atom is 0.407 e. The van der Waals surface area contributed by atoms with Crippen LogP contribution in [-0.4, -0.2) is 184 Å². The first-order chi connectivity index (χ1) is 43.3. The predicted molar refractivity (Wildman–Crippen MR) is 320 cm³/mol. The van der Waals surface area contributed by atoms with Crippen molar-refractivity contribution in [2.45, 2.75) is 92.6 Å². The van der Waals surface area contributed by atoms with Crippen molar-refractivity contribution >= 4 is 43.4 Å². The second-order valence-electron chi connectivity index (χ2n) is 22.9. The summed E-state index contributed by atoms with van der Waals surface area (Å²) in [4.78, 5) is 77.0. The van der Waals surface area contributed by atoms with Gasteiger partial charge in [0.25, 0.3) is 13.7 Å². The number of phosphoric ester groups is 1. The Morgan fingerprint density at radius 1 is 0.736 bits per heavy atom. The number of carboxylic acid groups (broad SMARTS) is 1. The van der Waals surface area contributed by atoms with E-state index in [0.29, 0.717) is 64.9 Å². The number of carbonyl (C=O) groups is 5. The number of aliphatic carboxylic acids is 1. The number of esters is 1. The van der Waals surface area contributed by atoms with Crippen molar-refractivity contribution in [2.24, 2.45) is 5.92 Å². The Hall–Kier alpha value is -7.92. The number of fused-ring (bicyclic) bond motifs is 3. The van der Waals surface area contributed by atoms with Crippen LogP contribution in [0.5, 0.6) is 28.7 Å². The standard InChI is InChI=1S/C63H77N4O23P/c1-67(2,3)29-32-87-91(79,80)86-31-12-13-37-16-19-40(20-17-37)57(73)64-28-26-48(68)66-44-33-38(18-25-45(44)88-60-54(71)52(69)53(70)55(89-60)58(74)75)36-85-61(77)65-27-10-11-30-84-43-34-46(82-5)51-47(35-43)90-63(41-21-23-42(81-4)24-22-41)50(39-14-8-7-9-15-39)49(59(76)83-6)56(72)62(51,63)78/h7-9,14-25,33-35,49-50,52-56,60,69-72,78H,10-13,26-32,36H2,1-6H3,(H4-,64,65,66,68,73,74,75,77,79,80)/t49-,50-,52+,53+,54-,55+,56-,60-,62+,63+/m1/s1. The van der Waals surface area contributed by atoms with Gasteiger partial charge < -0.3 is 103 Å². The van der Waals surface area contributed by atoms with E-state index < -0.39 is 97.5 Å². The Morgan fingerprint density at radius 2 is 1.44 bits per heavy atom. The van der Waals surface area contributed by atoms with Crippen LogP contribution in [0.2, 0.25) is 0 Å². The molecule has 2 heterocycles. The molecule has 28 heteroatoms. The number of hydrogen-bond acceptors (Lipinski definition) is 22. The highest BCUT2D eigenvalue weighted by Gasteiger charge is 2.78. The number of hydrogen-bond donors (Lipinski definition) is 9. The van der Waals surface area contributed by atoms with E-state index in [1.807, 2.05) is 21.1 Å². The number of carbonyl (C=O) groups excluding carboxylic acids is 4. The lowest BCUT2D eigenvalue weighted by molar-refractivity contribution is -0.870. The highest BCUT2D eigenvalue weighted by Crippen LogP contribution is 2.70. The number of benzene rings is 5. The number of ether oxygens (including phenoxy) is 8. The van der Waals surface area contributed by atoms with Gasteiger partial charge >= 0.3 is 18.0 Å². The summed E-state index contributed by atoms with van der Waals surface area (Å²) in [5.74, 6) is -4.96. The first kappa shape index (κ1) is 69.0. The largest absolute Gasteiger partial charge is 0.756 e. The minimum Gasteiger partial charge on any atom is -0.756 e. The molecule has 9 N–H and O–H groups in total. The lowest BCUT2D eigenvalue weighted by Crippen LogP contribution is -2.61. The van der Waals surface area contributed by atoms with Crippen LogP contribution >= 0.6 is 7.82 Å². The molecule has 1 aliphatic carbocycles. The fourth-order valence-corrected chi connectivity index (χ4v) is 11.9. The number of aliphatic hydroxyl groups is 5. The summed E-state index contributed by atoms with van der Waals surface area (Å²) in [7, 11) is 5.36. The summed E-state index contributed by atoms with van der Waals surface area (Å²) >= 11 is 0. The highest BCUT2D eigenvalue weighted by molar-refractivity contribution is 7.45. The molecule has 3 amide bonds. The number of likely N-dealkylation sites (N-methyl/N-ethyl adjacent to an activating group) is 1. The quantitative estimate of drug-likeness (QED) is 0.0138. The number of aryl methyl sites for hydroxylation is 1. The van der Waals surface area contributed by atoms with Gasteiger partial charge in [0.2, 0.25) is 12.2 Å². The molecule has 1 saturated heterocycles. The van der Waals surface area contributed by atoms with E-state index in [1.165, 1.54) is 39.5 Å². The zero-order valence-corrected chi connectivity index (χ0v) is 51.9. The number of amides is 3. The van der Waals surface area contributed by atoms with Crippen LogP contribution in [-0.2, 0) is 66.4 Å². The number of alkyl carbamates (subject to hydrolysis) is 1. The van der Waals surface area contributed by atoms with Gasteiger partial charge in [0.15, 0.2) is 17.3 Å². The number of nitrogens with one attached hydrogen (secondary N) is 3. The third kappa shape index (κ3) is 16.1. The predicted octanol–water partition coefficient (Wildman–Crippen LogP) is 3.38. The van der Waals surface area contributed by atoms with Gasteiger partial charge in [-0.3, -0.25) is 18.9 Å². The van der Waals surface area contributed by atoms with Gasteiger partial charge in [0.1, 0.15) is 72.9 Å².